The van der Waals surface area contributed by atoms with Crippen molar-refractivity contribution < 1.29 is 9.53 Å². The normalized spacial score (nSPS) is 25.2. The van der Waals surface area contributed by atoms with Crippen LogP contribution in [-0.2, 0) is 9.53 Å². The molecule has 1 aliphatic rings. The van der Waals surface area contributed by atoms with Crippen molar-refractivity contribution in [3.8, 4) is 0 Å². The molecule has 0 aromatic rings. The second-order valence-electron chi connectivity index (χ2n) is 3.01. The van der Waals surface area contributed by atoms with E-state index in [0.29, 0.717) is 6.54 Å². The second kappa shape index (κ2) is 4.67. The fourth-order valence-electron chi connectivity index (χ4n) is 1.31. The summed E-state index contributed by atoms with van der Waals surface area (Å²) in [5, 5.41) is 0. The van der Waals surface area contributed by atoms with Gasteiger partial charge >= 0.3 is 0 Å². The fraction of sp³-hybridized carbons (Fsp3) is 0.875. The van der Waals surface area contributed by atoms with Crippen molar-refractivity contribution in [3.63, 3.8) is 0 Å². The summed E-state index contributed by atoms with van der Waals surface area (Å²) in [6, 6.07) is 0. The zero-order valence-electron chi connectivity index (χ0n) is 7.25. The average Bonchev–Trinajstić information content (AvgIpc) is 2.28. The van der Waals surface area contributed by atoms with Crippen molar-refractivity contribution in [2.24, 2.45) is 0 Å². The van der Waals surface area contributed by atoms with E-state index in [9.17, 15) is 4.79 Å². The molecule has 0 N–H and O–H groups in total. The van der Waals surface area contributed by atoms with Crippen LogP contribution in [-0.4, -0.2) is 42.5 Å². The van der Waals surface area contributed by atoms with Gasteiger partial charge in [-0.25, -0.2) is 0 Å². The lowest BCUT2D eigenvalue weighted by molar-refractivity contribution is -0.129. The largest absolute Gasteiger partial charge is 0.377 e. The van der Waals surface area contributed by atoms with Crippen molar-refractivity contribution in [1.82, 2.24) is 4.90 Å². The lowest BCUT2D eigenvalue weighted by atomic mass is 10.3. The lowest BCUT2D eigenvalue weighted by Gasteiger charge is -2.20. The predicted octanol–water partition coefficient (Wildman–Crippen LogP) is 0.863. The van der Waals surface area contributed by atoms with E-state index in [2.05, 4.69) is 0 Å². The molecule has 1 heterocycles. The summed E-state index contributed by atoms with van der Waals surface area (Å²) in [6.45, 7) is 4.16. The van der Waals surface area contributed by atoms with Crippen LogP contribution in [0.15, 0.2) is 0 Å². The molecule has 12 heavy (non-hydrogen) atoms. The minimum atomic E-state index is 0.00835. The smallest absolute Gasteiger partial charge is 0.237 e. The molecule has 0 aromatic carbocycles. The molecule has 1 unspecified atom stereocenters. The van der Waals surface area contributed by atoms with Gasteiger partial charge in [0.15, 0.2) is 0 Å². The Morgan fingerprint density at radius 2 is 2.50 bits per heavy atom. The van der Waals surface area contributed by atoms with Crippen molar-refractivity contribution >= 4 is 17.5 Å². The van der Waals surface area contributed by atoms with Crippen LogP contribution in [0.25, 0.3) is 0 Å². The molecule has 1 fully saturated rings. The van der Waals surface area contributed by atoms with Gasteiger partial charge in [0.1, 0.15) is 5.88 Å². The number of rotatable bonds is 1. The number of amides is 1. The average molecular weight is 192 g/mol. The predicted molar refractivity (Wildman–Crippen MR) is 47.3 cm³/mol. The molecule has 0 radical (unpaired) electrons. The Kier molecular flexibility index (Phi) is 3.82. The fourth-order valence-corrected chi connectivity index (χ4v) is 1.47. The van der Waals surface area contributed by atoms with Crippen molar-refractivity contribution in [3.05, 3.63) is 0 Å². The van der Waals surface area contributed by atoms with Gasteiger partial charge in [0.25, 0.3) is 0 Å². The molecule has 0 saturated carbocycles. The van der Waals surface area contributed by atoms with Gasteiger partial charge in [-0.2, -0.15) is 0 Å². The van der Waals surface area contributed by atoms with Crippen LogP contribution in [0, 0.1) is 0 Å². The first-order valence-corrected chi connectivity index (χ1v) is 4.73. The van der Waals surface area contributed by atoms with Gasteiger partial charge in [-0.3, -0.25) is 4.79 Å². The number of ether oxygens (including phenoxy) is 1. The van der Waals surface area contributed by atoms with E-state index in [4.69, 9.17) is 16.3 Å². The number of alkyl halides is 1. The third-order valence-corrected chi connectivity index (χ3v) is 2.15. The van der Waals surface area contributed by atoms with E-state index < -0.39 is 0 Å². The molecule has 70 valence electrons. The molecule has 0 spiro atoms. The summed E-state index contributed by atoms with van der Waals surface area (Å²) in [5.41, 5.74) is 0. The molecule has 0 aromatic heterocycles. The van der Waals surface area contributed by atoms with Crippen LogP contribution in [0.5, 0.6) is 0 Å². The monoisotopic (exact) mass is 191 g/mol. The van der Waals surface area contributed by atoms with Gasteiger partial charge in [0.2, 0.25) is 5.91 Å². The minimum absolute atomic E-state index is 0.00835. The van der Waals surface area contributed by atoms with E-state index in [1.165, 1.54) is 0 Å². The number of halogens is 1. The van der Waals surface area contributed by atoms with Crippen molar-refractivity contribution in [2.45, 2.75) is 19.4 Å². The van der Waals surface area contributed by atoms with Crippen LogP contribution >= 0.6 is 11.6 Å². The van der Waals surface area contributed by atoms with Gasteiger partial charge < -0.3 is 9.64 Å². The molecule has 3 nitrogen and oxygen atoms in total. The highest BCUT2D eigenvalue weighted by Gasteiger charge is 2.18. The SMILES string of the molecule is CC1CN(C(=O)CCl)CCCO1. The van der Waals surface area contributed by atoms with Crippen LogP contribution in [0.4, 0.5) is 0 Å². The summed E-state index contributed by atoms with van der Waals surface area (Å²) >= 11 is 5.45. The summed E-state index contributed by atoms with van der Waals surface area (Å²) in [5.74, 6) is 0.0845. The van der Waals surface area contributed by atoms with E-state index in [1.54, 1.807) is 4.90 Å². The maximum absolute atomic E-state index is 11.2. The number of hydrogen-bond acceptors (Lipinski definition) is 2. The van der Waals surface area contributed by atoms with Crippen molar-refractivity contribution in [2.75, 3.05) is 25.6 Å². The zero-order chi connectivity index (χ0) is 8.97. The molecule has 4 heteroatoms. The molecule has 1 saturated heterocycles. The second-order valence-corrected chi connectivity index (χ2v) is 3.28. The molecule has 1 aliphatic heterocycles. The molecule has 1 atom stereocenters. The molecule has 0 bridgehead atoms. The van der Waals surface area contributed by atoms with Crippen LogP contribution < -0.4 is 0 Å². The number of carbonyl (C=O) groups excluding carboxylic acids is 1. The summed E-state index contributed by atoms with van der Waals surface area (Å²) < 4.78 is 5.39. The summed E-state index contributed by atoms with van der Waals surface area (Å²) in [4.78, 5) is 13.0. The maximum Gasteiger partial charge on any atom is 0.237 e. The van der Waals surface area contributed by atoms with Gasteiger partial charge in [-0.15, -0.1) is 11.6 Å². The van der Waals surface area contributed by atoms with Gasteiger partial charge in [-0.05, 0) is 13.3 Å². The Balaban J connectivity index is 2.46. The molecular formula is C8H14ClNO2. The Morgan fingerprint density at radius 1 is 1.75 bits per heavy atom. The first kappa shape index (κ1) is 9.81. The molecule has 1 amide bonds. The van der Waals surface area contributed by atoms with Crippen LogP contribution in [0.3, 0.4) is 0 Å². The Bertz CT molecular complexity index is 163. The quantitative estimate of drug-likeness (QED) is 0.576. The van der Waals surface area contributed by atoms with E-state index in [-0.39, 0.29) is 17.9 Å². The number of hydrogen-bond donors (Lipinski definition) is 0. The van der Waals surface area contributed by atoms with Gasteiger partial charge in [0, 0.05) is 19.7 Å². The van der Waals surface area contributed by atoms with Crippen LogP contribution in [0.1, 0.15) is 13.3 Å². The first-order chi connectivity index (χ1) is 5.74. The minimum Gasteiger partial charge on any atom is -0.377 e. The maximum atomic E-state index is 11.2. The molecular weight excluding hydrogens is 178 g/mol. The van der Waals surface area contributed by atoms with Crippen LogP contribution in [0.2, 0.25) is 0 Å². The summed E-state index contributed by atoms with van der Waals surface area (Å²) in [6.07, 6.45) is 1.05. The van der Waals surface area contributed by atoms with E-state index >= 15 is 0 Å². The third-order valence-electron chi connectivity index (χ3n) is 1.92. The van der Waals surface area contributed by atoms with Gasteiger partial charge in [0.05, 0.1) is 6.10 Å². The highest BCUT2D eigenvalue weighted by atomic mass is 35.5. The standard InChI is InChI=1S/C8H14ClNO2/c1-7-6-10(8(11)5-9)3-2-4-12-7/h7H,2-6H2,1H3. The Hall–Kier alpha value is -0.280. The van der Waals surface area contributed by atoms with Gasteiger partial charge in [-0.1, -0.05) is 0 Å². The molecule has 0 aliphatic carbocycles. The molecule has 1 rings (SSSR count). The Labute approximate surface area is 77.6 Å². The lowest BCUT2D eigenvalue weighted by Crippen LogP contribution is -2.36. The Morgan fingerprint density at radius 3 is 3.17 bits per heavy atom. The summed E-state index contributed by atoms with van der Waals surface area (Å²) in [7, 11) is 0. The first-order valence-electron chi connectivity index (χ1n) is 4.19. The highest BCUT2D eigenvalue weighted by molar-refractivity contribution is 6.27. The van der Waals surface area contributed by atoms with E-state index in [0.717, 1.165) is 19.6 Å². The zero-order valence-corrected chi connectivity index (χ0v) is 8.01. The van der Waals surface area contributed by atoms with E-state index in [1.807, 2.05) is 6.92 Å². The topological polar surface area (TPSA) is 29.5 Å². The van der Waals surface area contributed by atoms with Crippen molar-refractivity contribution in [1.29, 1.82) is 0 Å². The highest BCUT2D eigenvalue weighted by Crippen LogP contribution is 2.05. The number of nitrogens with zero attached hydrogens (tertiary/aromatic N) is 1. The number of carbonyl (C=O) groups is 1. The third kappa shape index (κ3) is 2.64.